The molecule has 1 saturated heterocycles. The Labute approximate surface area is 166 Å². The summed E-state index contributed by atoms with van der Waals surface area (Å²) in [4.78, 5) is 52.4. The zero-order valence-electron chi connectivity index (χ0n) is 18.0. The van der Waals surface area contributed by atoms with Gasteiger partial charge in [-0.2, -0.15) is 0 Å². The molecule has 0 aromatic heterocycles. The Morgan fingerprint density at radius 3 is 2.04 bits per heavy atom. The van der Waals surface area contributed by atoms with Gasteiger partial charge in [0.2, 0.25) is 0 Å². The van der Waals surface area contributed by atoms with Crippen LogP contribution in [0.1, 0.15) is 61.8 Å². The maximum Gasteiger partial charge on any atom is 0.417 e. The predicted octanol–water partition coefficient (Wildman–Crippen LogP) is 3.20. The number of hydrogen-bond acceptors (Lipinski definition) is 6. The Hall–Kier alpha value is -2.38. The van der Waals surface area contributed by atoms with E-state index in [-0.39, 0.29) is 12.3 Å². The van der Waals surface area contributed by atoms with E-state index in [2.05, 4.69) is 11.9 Å². The summed E-state index contributed by atoms with van der Waals surface area (Å²) in [6.07, 6.45) is -0.679. The molecule has 0 bridgehead atoms. The lowest BCUT2D eigenvalue weighted by Gasteiger charge is -2.29. The maximum atomic E-state index is 13.3. The van der Waals surface area contributed by atoms with Gasteiger partial charge in [0.25, 0.3) is 5.91 Å². The molecule has 8 nitrogen and oxygen atoms in total. The van der Waals surface area contributed by atoms with Crippen molar-refractivity contribution < 1.29 is 28.7 Å². The van der Waals surface area contributed by atoms with Crippen molar-refractivity contribution in [1.82, 2.24) is 10.2 Å². The summed E-state index contributed by atoms with van der Waals surface area (Å²) in [6.45, 7) is 17.0. The van der Waals surface area contributed by atoms with Gasteiger partial charge in [-0.1, -0.05) is 19.9 Å². The number of nitrogens with one attached hydrogen (secondary N) is 1. The monoisotopic (exact) mass is 396 g/mol. The van der Waals surface area contributed by atoms with Gasteiger partial charge >= 0.3 is 12.2 Å². The highest BCUT2D eigenvalue weighted by Crippen LogP contribution is 2.34. The van der Waals surface area contributed by atoms with Crippen LogP contribution in [0.15, 0.2) is 12.7 Å². The van der Waals surface area contributed by atoms with Crippen LogP contribution in [0.3, 0.4) is 0 Å². The molecule has 1 aliphatic rings. The molecule has 0 aromatic rings. The van der Waals surface area contributed by atoms with Crippen molar-refractivity contribution in [3.05, 3.63) is 12.7 Å². The van der Waals surface area contributed by atoms with Crippen molar-refractivity contribution in [2.45, 2.75) is 84.6 Å². The van der Waals surface area contributed by atoms with Crippen LogP contribution in [-0.2, 0) is 19.1 Å². The van der Waals surface area contributed by atoms with Crippen LogP contribution in [0.25, 0.3) is 0 Å². The van der Waals surface area contributed by atoms with E-state index in [9.17, 15) is 19.2 Å². The van der Waals surface area contributed by atoms with Gasteiger partial charge in [0, 0.05) is 6.42 Å². The number of likely N-dealkylation sites (tertiary alicyclic amines) is 1. The van der Waals surface area contributed by atoms with Gasteiger partial charge in [0.1, 0.15) is 17.2 Å². The van der Waals surface area contributed by atoms with Crippen LogP contribution in [0.2, 0.25) is 0 Å². The van der Waals surface area contributed by atoms with E-state index in [0.717, 1.165) is 4.90 Å². The van der Waals surface area contributed by atoms with E-state index in [1.807, 2.05) is 0 Å². The summed E-state index contributed by atoms with van der Waals surface area (Å²) < 4.78 is 10.5. The normalized spacial score (nSPS) is 23.0. The van der Waals surface area contributed by atoms with Crippen LogP contribution in [0.5, 0.6) is 0 Å². The van der Waals surface area contributed by atoms with Gasteiger partial charge in [0.05, 0.1) is 0 Å². The van der Waals surface area contributed by atoms with E-state index in [0.29, 0.717) is 0 Å². The van der Waals surface area contributed by atoms with Crippen molar-refractivity contribution >= 4 is 23.9 Å². The van der Waals surface area contributed by atoms with Crippen molar-refractivity contribution in [3.63, 3.8) is 0 Å². The minimum atomic E-state index is -1.96. The smallest absolute Gasteiger partial charge is 0.417 e. The summed E-state index contributed by atoms with van der Waals surface area (Å²) in [5.41, 5.74) is -3.65. The van der Waals surface area contributed by atoms with E-state index >= 15 is 0 Å². The molecule has 0 radical (unpaired) electrons. The first-order valence-corrected chi connectivity index (χ1v) is 9.29. The number of amides is 3. The third-order valence-electron chi connectivity index (χ3n) is 3.94. The van der Waals surface area contributed by atoms with E-state index < -0.39 is 46.7 Å². The van der Waals surface area contributed by atoms with Gasteiger partial charge in [-0.05, 0) is 47.5 Å². The fourth-order valence-electron chi connectivity index (χ4n) is 2.96. The third-order valence-corrected chi connectivity index (χ3v) is 3.94. The Balaban J connectivity index is 3.39. The van der Waals surface area contributed by atoms with Crippen LogP contribution in [0.4, 0.5) is 9.59 Å². The minimum absolute atomic E-state index is 0.174. The molecule has 0 spiro atoms. The molecular formula is C20H32N2O6. The lowest BCUT2D eigenvalue weighted by molar-refractivity contribution is -0.134. The second-order valence-corrected chi connectivity index (χ2v) is 9.23. The lowest BCUT2D eigenvalue weighted by atomic mass is 9.87. The van der Waals surface area contributed by atoms with Crippen molar-refractivity contribution in [2.24, 2.45) is 5.92 Å². The molecule has 1 aliphatic heterocycles. The molecule has 0 aliphatic carbocycles. The number of carbonyl (C=O) groups excluding carboxylic acids is 4. The van der Waals surface area contributed by atoms with Crippen LogP contribution >= 0.6 is 0 Å². The molecule has 158 valence electrons. The molecule has 0 aromatic carbocycles. The largest absolute Gasteiger partial charge is 0.444 e. The van der Waals surface area contributed by atoms with E-state index in [1.165, 1.54) is 6.08 Å². The average molecular weight is 396 g/mol. The number of imide groups is 1. The Morgan fingerprint density at radius 1 is 1.14 bits per heavy atom. The molecule has 1 heterocycles. The molecule has 28 heavy (non-hydrogen) atoms. The second-order valence-electron chi connectivity index (χ2n) is 9.23. The number of ketones is 1. The minimum Gasteiger partial charge on any atom is -0.444 e. The number of alkyl carbamates (subject to hydrolysis) is 1. The van der Waals surface area contributed by atoms with Crippen molar-refractivity contribution in [2.75, 3.05) is 0 Å². The zero-order chi connectivity index (χ0) is 22.1. The highest BCUT2D eigenvalue weighted by molar-refractivity contribution is 6.24. The van der Waals surface area contributed by atoms with Crippen molar-refractivity contribution in [1.29, 1.82) is 0 Å². The zero-order valence-corrected chi connectivity index (χ0v) is 18.0. The van der Waals surface area contributed by atoms with E-state index in [4.69, 9.17) is 9.47 Å². The lowest BCUT2D eigenvalue weighted by Crippen LogP contribution is -2.59. The number of nitrogens with zero attached hydrogens (tertiary/aromatic N) is 1. The van der Waals surface area contributed by atoms with Crippen LogP contribution < -0.4 is 5.32 Å². The first kappa shape index (κ1) is 23.7. The standard InChI is InChI=1S/C20H32N2O6/c1-10-11-20(21-16(25)27-18(4,5)6)14(23)13(12(2)3)22(15(20)24)17(26)28-19(7,8)9/h10,12-13H,1,11H2,2-9H3,(H,21,25). The number of ether oxygens (including phenoxy) is 2. The molecule has 0 saturated carbocycles. The van der Waals surface area contributed by atoms with Crippen molar-refractivity contribution in [3.8, 4) is 0 Å². The number of rotatable bonds is 4. The highest BCUT2D eigenvalue weighted by atomic mass is 16.6. The van der Waals surface area contributed by atoms with E-state index in [1.54, 1.807) is 55.4 Å². The second kappa shape index (κ2) is 7.93. The molecule has 2 atom stereocenters. The fourth-order valence-corrected chi connectivity index (χ4v) is 2.96. The molecule has 1 rings (SSSR count). The summed E-state index contributed by atoms with van der Waals surface area (Å²) in [5.74, 6) is -1.82. The molecule has 1 N–H and O–H groups in total. The van der Waals surface area contributed by atoms with Crippen LogP contribution in [-0.4, -0.2) is 51.6 Å². The summed E-state index contributed by atoms with van der Waals surface area (Å²) in [5, 5.41) is 2.40. The predicted molar refractivity (Wildman–Crippen MR) is 104 cm³/mol. The Morgan fingerprint density at radius 2 is 1.64 bits per heavy atom. The summed E-state index contributed by atoms with van der Waals surface area (Å²) in [6, 6.07) is -1.07. The Kier molecular flexibility index (Phi) is 6.70. The van der Waals surface area contributed by atoms with Crippen LogP contribution in [0, 0.1) is 5.92 Å². The Bertz CT molecular complexity index is 671. The molecule has 1 fully saturated rings. The SMILES string of the molecule is C=CCC1(NC(=O)OC(C)(C)C)C(=O)C(C(C)C)N(C(=O)OC(C)(C)C)C1=O. The molecule has 2 unspecified atom stereocenters. The average Bonchev–Trinajstić information content (AvgIpc) is 2.66. The number of hydrogen-bond donors (Lipinski definition) is 1. The number of carbonyl (C=O) groups is 4. The first-order valence-electron chi connectivity index (χ1n) is 9.29. The first-order chi connectivity index (χ1) is 12.6. The van der Waals surface area contributed by atoms with Gasteiger partial charge in [-0.15, -0.1) is 6.58 Å². The molecule has 8 heteroatoms. The summed E-state index contributed by atoms with van der Waals surface area (Å²) >= 11 is 0. The highest BCUT2D eigenvalue weighted by Gasteiger charge is 2.63. The fraction of sp³-hybridized carbons (Fsp3) is 0.700. The third kappa shape index (κ3) is 5.11. The van der Waals surface area contributed by atoms with Gasteiger partial charge in [0.15, 0.2) is 11.3 Å². The van der Waals surface area contributed by atoms with Gasteiger partial charge in [-0.25, -0.2) is 14.5 Å². The topological polar surface area (TPSA) is 102 Å². The quantitative estimate of drug-likeness (QED) is 0.578. The molecule has 3 amide bonds. The maximum absolute atomic E-state index is 13.3. The molecular weight excluding hydrogens is 364 g/mol. The summed E-state index contributed by atoms with van der Waals surface area (Å²) in [7, 11) is 0. The number of Topliss-reactive ketones (excluding diaryl/α,β-unsaturated/α-hetero) is 1. The van der Waals surface area contributed by atoms with Gasteiger partial charge in [-0.3, -0.25) is 14.9 Å². The van der Waals surface area contributed by atoms with Gasteiger partial charge < -0.3 is 9.47 Å².